The van der Waals surface area contributed by atoms with E-state index in [2.05, 4.69) is 43.5 Å². The third kappa shape index (κ3) is 57.6. The molecule has 0 aliphatic rings. The SMILES string of the molecule is CCCCCC/C=C\C/C=C\CCCCCCCC(=O)OCCCCCCCCCCCCCCCCCCCCCCCCC(=O)NC(CO)C(O)CCCCCCCCCCCCCCCCCCC. The van der Waals surface area contributed by atoms with Crippen LogP contribution in [0.1, 0.15) is 361 Å². The van der Waals surface area contributed by atoms with Gasteiger partial charge in [-0.15, -0.1) is 0 Å². The molecule has 0 saturated carbocycles. The molecule has 0 saturated heterocycles. The minimum Gasteiger partial charge on any atom is -0.466 e. The third-order valence-corrected chi connectivity index (χ3v) is 15.3. The fraction of sp³-hybridized carbons (Fsp3) is 0.909. The van der Waals surface area contributed by atoms with Gasteiger partial charge in [-0.05, 0) is 57.8 Å². The van der Waals surface area contributed by atoms with Crippen LogP contribution in [0.2, 0.25) is 0 Å². The van der Waals surface area contributed by atoms with E-state index in [1.807, 2.05) is 0 Å². The molecule has 0 rings (SSSR count). The molecule has 72 heavy (non-hydrogen) atoms. The van der Waals surface area contributed by atoms with Gasteiger partial charge in [0.2, 0.25) is 5.91 Å². The van der Waals surface area contributed by atoms with Crippen LogP contribution in [-0.2, 0) is 14.3 Å². The van der Waals surface area contributed by atoms with Crippen molar-refractivity contribution in [3.63, 3.8) is 0 Å². The molecular formula is C66H127NO5. The molecule has 0 spiro atoms. The summed E-state index contributed by atoms with van der Waals surface area (Å²) < 4.78 is 5.49. The highest BCUT2D eigenvalue weighted by atomic mass is 16.5. The summed E-state index contributed by atoms with van der Waals surface area (Å²) in [4.78, 5) is 24.6. The molecule has 0 aromatic carbocycles. The number of allylic oxidation sites excluding steroid dienone is 4. The van der Waals surface area contributed by atoms with Gasteiger partial charge in [-0.1, -0.05) is 314 Å². The zero-order chi connectivity index (χ0) is 52.2. The number of hydrogen-bond donors (Lipinski definition) is 3. The lowest BCUT2D eigenvalue weighted by Crippen LogP contribution is -2.45. The highest BCUT2D eigenvalue weighted by Crippen LogP contribution is 2.18. The molecular weight excluding hydrogens is 887 g/mol. The van der Waals surface area contributed by atoms with E-state index in [1.165, 1.54) is 276 Å². The van der Waals surface area contributed by atoms with Crippen LogP contribution in [0.3, 0.4) is 0 Å². The van der Waals surface area contributed by atoms with Gasteiger partial charge in [0.05, 0.1) is 25.4 Å². The van der Waals surface area contributed by atoms with Crippen molar-refractivity contribution in [1.29, 1.82) is 0 Å². The topological polar surface area (TPSA) is 95.9 Å². The minimum atomic E-state index is -0.665. The van der Waals surface area contributed by atoms with E-state index in [4.69, 9.17) is 4.74 Å². The quantitative estimate of drug-likeness (QED) is 0.0320. The number of carbonyl (C=O) groups excluding carboxylic acids is 2. The molecule has 6 heteroatoms. The maximum Gasteiger partial charge on any atom is 0.305 e. The summed E-state index contributed by atoms with van der Waals surface area (Å²) in [6, 6.07) is -0.542. The molecule has 0 radical (unpaired) electrons. The first kappa shape index (κ1) is 70.3. The number of carbonyl (C=O) groups is 2. The Hall–Kier alpha value is -1.66. The van der Waals surface area contributed by atoms with Gasteiger partial charge >= 0.3 is 5.97 Å². The summed E-state index contributed by atoms with van der Waals surface area (Å²) in [7, 11) is 0. The smallest absolute Gasteiger partial charge is 0.305 e. The number of rotatable bonds is 61. The summed E-state index contributed by atoms with van der Waals surface area (Å²) in [6.45, 7) is 4.95. The average molecular weight is 1010 g/mol. The van der Waals surface area contributed by atoms with Gasteiger partial charge < -0.3 is 20.3 Å². The fourth-order valence-electron chi connectivity index (χ4n) is 10.3. The molecule has 0 aliphatic carbocycles. The Morgan fingerprint density at radius 1 is 0.389 bits per heavy atom. The molecule has 3 N–H and O–H groups in total. The van der Waals surface area contributed by atoms with E-state index in [-0.39, 0.29) is 18.5 Å². The van der Waals surface area contributed by atoms with Crippen LogP contribution < -0.4 is 5.32 Å². The molecule has 0 aliphatic heterocycles. The lowest BCUT2D eigenvalue weighted by molar-refractivity contribution is -0.143. The van der Waals surface area contributed by atoms with Gasteiger partial charge in [0.1, 0.15) is 0 Å². The Morgan fingerprint density at radius 2 is 0.694 bits per heavy atom. The summed E-state index contributed by atoms with van der Waals surface area (Å²) in [5.41, 5.74) is 0. The van der Waals surface area contributed by atoms with Crippen LogP contribution >= 0.6 is 0 Å². The van der Waals surface area contributed by atoms with Gasteiger partial charge in [-0.2, -0.15) is 0 Å². The van der Waals surface area contributed by atoms with Crippen molar-refractivity contribution >= 4 is 11.9 Å². The zero-order valence-corrected chi connectivity index (χ0v) is 48.7. The second-order valence-electron chi connectivity index (χ2n) is 22.5. The highest BCUT2D eigenvalue weighted by molar-refractivity contribution is 5.76. The average Bonchev–Trinajstić information content (AvgIpc) is 3.38. The van der Waals surface area contributed by atoms with Crippen molar-refractivity contribution in [2.75, 3.05) is 13.2 Å². The Morgan fingerprint density at radius 3 is 1.07 bits per heavy atom. The fourth-order valence-corrected chi connectivity index (χ4v) is 10.3. The standard InChI is InChI=1S/C66H127NO5/c1-3-5-7-9-11-13-15-17-19-27-30-34-38-42-46-50-54-58-64(69)63(62-68)67-65(70)59-55-51-47-43-39-35-31-28-25-23-21-22-24-26-29-33-37-41-45-49-53-57-61-72-66(71)60-56-52-48-44-40-36-32-20-18-16-14-12-10-8-6-4-2/h14,16,20,32,63-64,68-69H,3-13,15,17-19,21-31,33-62H2,1-2H3,(H,67,70)/b16-14-,32-20-. The van der Waals surface area contributed by atoms with Crippen LogP contribution in [0.15, 0.2) is 24.3 Å². The number of hydrogen-bond acceptors (Lipinski definition) is 5. The minimum absolute atomic E-state index is 0.000446. The van der Waals surface area contributed by atoms with E-state index in [9.17, 15) is 19.8 Å². The van der Waals surface area contributed by atoms with Gasteiger partial charge in [0, 0.05) is 12.8 Å². The van der Waals surface area contributed by atoms with Crippen molar-refractivity contribution in [2.45, 2.75) is 373 Å². The van der Waals surface area contributed by atoms with Crippen LogP contribution in [0.5, 0.6) is 0 Å². The van der Waals surface area contributed by atoms with E-state index in [1.54, 1.807) is 0 Å². The number of amides is 1. The number of aliphatic hydroxyl groups excluding tert-OH is 2. The Kier molecular flexibility index (Phi) is 60.5. The van der Waals surface area contributed by atoms with E-state index < -0.39 is 12.1 Å². The van der Waals surface area contributed by atoms with E-state index in [0.717, 1.165) is 51.4 Å². The molecule has 0 aromatic rings. The predicted octanol–water partition coefficient (Wildman–Crippen LogP) is 20.6. The Balaban J connectivity index is 3.38. The van der Waals surface area contributed by atoms with Crippen molar-refractivity contribution in [2.24, 2.45) is 0 Å². The molecule has 1 amide bonds. The molecule has 6 nitrogen and oxygen atoms in total. The van der Waals surface area contributed by atoms with Crippen LogP contribution in [0, 0.1) is 0 Å². The number of aliphatic hydroxyl groups is 2. The van der Waals surface area contributed by atoms with Crippen molar-refractivity contribution in [1.82, 2.24) is 5.32 Å². The van der Waals surface area contributed by atoms with E-state index >= 15 is 0 Å². The second-order valence-corrected chi connectivity index (χ2v) is 22.5. The number of nitrogens with one attached hydrogen (secondary N) is 1. The molecule has 0 heterocycles. The maximum atomic E-state index is 12.5. The largest absolute Gasteiger partial charge is 0.466 e. The third-order valence-electron chi connectivity index (χ3n) is 15.3. The first-order valence-corrected chi connectivity index (χ1v) is 32.6. The Bertz CT molecular complexity index is 1120. The molecule has 0 bridgehead atoms. The normalized spacial score (nSPS) is 12.7. The number of ether oxygens (including phenoxy) is 1. The Labute approximate surface area is 450 Å². The first-order valence-electron chi connectivity index (χ1n) is 32.6. The summed E-state index contributed by atoms with van der Waals surface area (Å²) in [5, 5.41) is 23.3. The lowest BCUT2D eigenvalue weighted by Gasteiger charge is -2.22. The summed E-state index contributed by atoms with van der Waals surface area (Å²) in [5.74, 6) is -0.0320. The molecule has 426 valence electrons. The van der Waals surface area contributed by atoms with Crippen molar-refractivity contribution < 1.29 is 24.5 Å². The summed E-state index contributed by atoms with van der Waals surface area (Å²) in [6.07, 6.45) is 76.2. The van der Waals surface area contributed by atoms with Crippen LogP contribution in [0.25, 0.3) is 0 Å². The molecule has 0 aromatic heterocycles. The monoisotopic (exact) mass is 1010 g/mol. The van der Waals surface area contributed by atoms with Gasteiger partial charge in [-0.25, -0.2) is 0 Å². The van der Waals surface area contributed by atoms with Crippen LogP contribution in [-0.4, -0.2) is 47.4 Å². The predicted molar refractivity (Wildman–Crippen MR) is 315 cm³/mol. The second kappa shape index (κ2) is 61.9. The van der Waals surface area contributed by atoms with E-state index in [0.29, 0.717) is 25.9 Å². The first-order chi connectivity index (χ1) is 35.5. The molecule has 2 unspecified atom stereocenters. The molecule has 2 atom stereocenters. The van der Waals surface area contributed by atoms with Gasteiger partial charge in [0.25, 0.3) is 0 Å². The van der Waals surface area contributed by atoms with Gasteiger partial charge in [0.15, 0.2) is 0 Å². The maximum absolute atomic E-state index is 12.5. The zero-order valence-electron chi connectivity index (χ0n) is 48.7. The number of unbranched alkanes of at least 4 members (excludes halogenated alkanes) is 46. The van der Waals surface area contributed by atoms with Gasteiger partial charge in [-0.3, -0.25) is 9.59 Å². The van der Waals surface area contributed by atoms with Crippen molar-refractivity contribution in [3.8, 4) is 0 Å². The molecule has 0 fully saturated rings. The summed E-state index contributed by atoms with van der Waals surface area (Å²) >= 11 is 0. The lowest BCUT2D eigenvalue weighted by atomic mass is 10.0. The van der Waals surface area contributed by atoms with Crippen LogP contribution in [0.4, 0.5) is 0 Å². The highest BCUT2D eigenvalue weighted by Gasteiger charge is 2.20. The van der Waals surface area contributed by atoms with Crippen molar-refractivity contribution in [3.05, 3.63) is 24.3 Å². The number of esters is 1.